The van der Waals surface area contributed by atoms with E-state index in [1.165, 1.54) is 11.1 Å². The van der Waals surface area contributed by atoms with Crippen LogP contribution in [0.5, 0.6) is 5.75 Å². The normalized spacial score (nSPS) is 29.8. The average Bonchev–Trinajstić information content (AvgIpc) is 3.17. The zero-order chi connectivity index (χ0) is 23.5. The van der Waals surface area contributed by atoms with Gasteiger partial charge in [0.15, 0.2) is 11.2 Å². The van der Waals surface area contributed by atoms with Crippen LogP contribution < -0.4 is 4.74 Å². The second kappa shape index (κ2) is 7.81. The summed E-state index contributed by atoms with van der Waals surface area (Å²) in [5.41, 5.74) is -1.99. The molecule has 0 spiro atoms. The molecule has 170 valence electrons. The molecule has 2 aliphatic rings. The molecule has 2 heterocycles. The molecule has 0 bridgehead atoms. The minimum atomic E-state index is -2.00. The minimum Gasteiger partial charge on any atom is -0.476 e. The fourth-order valence-electron chi connectivity index (χ4n) is 5.40. The molecule has 1 aliphatic heterocycles. The fourth-order valence-corrected chi connectivity index (χ4v) is 5.81. The van der Waals surface area contributed by atoms with E-state index in [9.17, 15) is 15.0 Å². The van der Waals surface area contributed by atoms with E-state index in [1.807, 2.05) is 54.6 Å². The highest BCUT2D eigenvalue weighted by Gasteiger charge is 2.78. The van der Waals surface area contributed by atoms with Gasteiger partial charge < -0.3 is 19.8 Å². The highest BCUT2D eigenvalue weighted by Crippen LogP contribution is 2.68. The van der Waals surface area contributed by atoms with E-state index in [1.54, 1.807) is 20.2 Å². The maximum absolute atomic E-state index is 13.5. The van der Waals surface area contributed by atoms with Crippen molar-refractivity contribution in [2.45, 2.75) is 23.2 Å². The summed E-state index contributed by atoms with van der Waals surface area (Å²) in [5, 5.41) is 24.4. The number of pyridine rings is 1. The number of nitrogens with zero attached hydrogens (tertiary/aromatic N) is 2. The first kappa shape index (κ1) is 22.3. The van der Waals surface area contributed by atoms with Crippen LogP contribution in [-0.2, 0) is 16.0 Å². The predicted molar refractivity (Wildman–Crippen MR) is 127 cm³/mol. The summed E-state index contributed by atoms with van der Waals surface area (Å²) in [4.78, 5) is 19.3. The second-order valence-corrected chi connectivity index (χ2v) is 10.1. The molecule has 2 aromatic carbocycles. The van der Waals surface area contributed by atoms with Crippen molar-refractivity contribution in [2.24, 2.45) is 5.92 Å². The number of halogens is 2. The van der Waals surface area contributed by atoms with Gasteiger partial charge in [-0.15, -0.1) is 0 Å². The molecular weight excluding hydrogens is 508 g/mol. The third kappa shape index (κ3) is 2.99. The summed E-state index contributed by atoms with van der Waals surface area (Å²) in [6, 6.07) is 18.3. The number of amides is 1. The molecule has 0 radical (unpaired) electrons. The summed E-state index contributed by atoms with van der Waals surface area (Å²) >= 11 is 9.65. The summed E-state index contributed by atoms with van der Waals surface area (Å²) in [7, 11) is 3.27. The lowest BCUT2D eigenvalue weighted by atomic mass is 9.71. The van der Waals surface area contributed by atoms with E-state index in [0.717, 1.165) is 10.0 Å². The Hall–Kier alpha value is -2.45. The molecule has 5 atom stereocenters. The van der Waals surface area contributed by atoms with Gasteiger partial charge in [0.05, 0.1) is 10.9 Å². The Morgan fingerprint density at radius 3 is 2.45 bits per heavy atom. The van der Waals surface area contributed by atoms with Crippen LogP contribution in [0.1, 0.15) is 22.7 Å². The van der Waals surface area contributed by atoms with Crippen LogP contribution in [0.4, 0.5) is 0 Å². The van der Waals surface area contributed by atoms with Crippen molar-refractivity contribution in [1.29, 1.82) is 0 Å². The lowest BCUT2D eigenvalue weighted by Crippen LogP contribution is -2.52. The number of fused-ring (bicyclic) bond motifs is 3. The molecule has 1 saturated carbocycles. The Kier molecular flexibility index (Phi) is 5.29. The lowest BCUT2D eigenvalue weighted by molar-refractivity contribution is -0.157. The topological polar surface area (TPSA) is 82.9 Å². The number of hydrogen-bond acceptors (Lipinski definition) is 5. The number of aliphatic hydroxyl groups excluding tert-OH is 1. The third-order valence-electron chi connectivity index (χ3n) is 6.74. The smallest absolute Gasteiger partial charge is 0.228 e. The molecule has 2 N–H and O–H groups in total. The first-order valence-corrected chi connectivity index (χ1v) is 11.7. The van der Waals surface area contributed by atoms with Gasteiger partial charge in [0.2, 0.25) is 5.91 Å². The molecule has 6 nitrogen and oxygen atoms in total. The number of carbonyl (C=O) groups is 1. The van der Waals surface area contributed by atoms with Crippen molar-refractivity contribution in [3.63, 3.8) is 0 Å². The van der Waals surface area contributed by atoms with E-state index in [-0.39, 0.29) is 17.4 Å². The first-order valence-electron chi connectivity index (χ1n) is 10.5. The van der Waals surface area contributed by atoms with E-state index in [0.29, 0.717) is 10.6 Å². The van der Waals surface area contributed by atoms with E-state index in [4.69, 9.17) is 16.3 Å². The Morgan fingerprint density at radius 2 is 1.82 bits per heavy atom. The molecule has 1 amide bonds. The van der Waals surface area contributed by atoms with Crippen molar-refractivity contribution in [3.05, 3.63) is 93.2 Å². The standard InChI is InChI=1S/C25H22BrClN2O4/c1-29(2)23(31)19-20(14-6-4-3-5-7-14)25(15-8-10-16(26)11-9-15)24(32,22(19)30)21-18(33-25)12-17(27)13-28-21/h3-13,19-20,22,30,32H,1-2H3/t19-,20-,22-,24?,25+/m1/s1. The SMILES string of the molecule is CN(C)C(=O)[C@H]1[C@@H](O)C2(O)c3ncc(Cl)cc3O[C@@]2(c2ccc(Br)cc2)[C@@H]1c1ccccc1. The average molecular weight is 530 g/mol. The van der Waals surface area contributed by atoms with E-state index < -0.39 is 29.1 Å². The molecule has 1 aliphatic carbocycles. The van der Waals surface area contributed by atoms with Crippen LogP contribution in [0.25, 0.3) is 0 Å². The van der Waals surface area contributed by atoms with Crippen molar-refractivity contribution in [2.75, 3.05) is 14.1 Å². The number of ether oxygens (including phenoxy) is 1. The van der Waals surface area contributed by atoms with Crippen LogP contribution in [-0.4, -0.2) is 46.2 Å². The molecule has 8 heteroatoms. The maximum Gasteiger partial charge on any atom is 0.228 e. The second-order valence-electron chi connectivity index (χ2n) is 8.70. The van der Waals surface area contributed by atoms with Gasteiger partial charge in [-0.25, -0.2) is 0 Å². The van der Waals surface area contributed by atoms with E-state index in [2.05, 4.69) is 20.9 Å². The van der Waals surface area contributed by atoms with Crippen molar-refractivity contribution >= 4 is 33.4 Å². The van der Waals surface area contributed by atoms with Crippen LogP contribution >= 0.6 is 27.5 Å². The maximum atomic E-state index is 13.5. The molecule has 1 aromatic heterocycles. The number of aliphatic hydroxyl groups is 2. The van der Waals surface area contributed by atoms with Gasteiger partial charge in [-0.05, 0) is 23.3 Å². The first-order chi connectivity index (χ1) is 15.7. The molecule has 5 rings (SSSR count). The number of aromatic nitrogens is 1. The largest absolute Gasteiger partial charge is 0.476 e. The van der Waals surface area contributed by atoms with Gasteiger partial charge in [0.1, 0.15) is 17.5 Å². The molecule has 1 unspecified atom stereocenters. The van der Waals surface area contributed by atoms with E-state index >= 15 is 0 Å². The zero-order valence-corrected chi connectivity index (χ0v) is 20.3. The Morgan fingerprint density at radius 1 is 1.15 bits per heavy atom. The minimum absolute atomic E-state index is 0.164. The van der Waals surface area contributed by atoms with Crippen LogP contribution in [0.3, 0.4) is 0 Å². The highest BCUT2D eigenvalue weighted by atomic mass is 79.9. The third-order valence-corrected chi connectivity index (χ3v) is 7.48. The van der Waals surface area contributed by atoms with Crippen LogP contribution in [0.2, 0.25) is 5.02 Å². The molecule has 1 fully saturated rings. The van der Waals surface area contributed by atoms with Crippen molar-refractivity contribution in [3.8, 4) is 5.75 Å². The van der Waals surface area contributed by atoms with Gasteiger partial charge >= 0.3 is 0 Å². The lowest BCUT2D eigenvalue weighted by Gasteiger charge is -2.40. The number of rotatable bonds is 3. The summed E-state index contributed by atoms with van der Waals surface area (Å²) in [6.07, 6.45) is -0.0822. The number of benzene rings is 2. The molecule has 0 saturated heterocycles. The van der Waals surface area contributed by atoms with Gasteiger partial charge in [0.25, 0.3) is 0 Å². The Balaban J connectivity index is 1.87. The quantitative estimate of drug-likeness (QED) is 0.539. The van der Waals surface area contributed by atoms with Crippen LogP contribution in [0.15, 0.2) is 71.3 Å². The fraction of sp³-hybridized carbons (Fsp3) is 0.280. The van der Waals surface area contributed by atoms with Gasteiger partial charge in [-0.1, -0.05) is 70.0 Å². The predicted octanol–water partition coefficient (Wildman–Crippen LogP) is 3.84. The van der Waals surface area contributed by atoms with Crippen molar-refractivity contribution in [1.82, 2.24) is 9.88 Å². The number of carbonyl (C=O) groups excluding carboxylic acids is 1. The summed E-state index contributed by atoms with van der Waals surface area (Å²) in [5.74, 6) is -1.73. The van der Waals surface area contributed by atoms with Gasteiger partial charge in [0, 0.05) is 36.7 Å². The molecule has 33 heavy (non-hydrogen) atoms. The molecular formula is C25H22BrClN2O4. The monoisotopic (exact) mass is 528 g/mol. The summed E-state index contributed by atoms with van der Waals surface area (Å²) < 4.78 is 7.43. The van der Waals surface area contributed by atoms with Gasteiger partial charge in [-0.3, -0.25) is 9.78 Å². The summed E-state index contributed by atoms with van der Waals surface area (Å²) in [6.45, 7) is 0. The zero-order valence-electron chi connectivity index (χ0n) is 17.9. The highest BCUT2D eigenvalue weighted by molar-refractivity contribution is 9.10. The Labute approximate surface area is 204 Å². The Bertz CT molecular complexity index is 1220. The number of hydrogen-bond donors (Lipinski definition) is 2. The van der Waals surface area contributed by atoms with Crippen molar-refractivity contribution < 1.29 is 19.7 Å². The molecule has 3 aromatic rings. The van der Waals surface area contributed by atoms with Crippen LogP contribution in [0, 0.1) is 5.92 Å². The van der Waals surface area contributed by atoms with Gasteiger partial charge in [-0.2, -0.15) is 0 Å².